The van der Waals surface area contributed by atoms with E-state index in [0.29, 0.717) is 24.5 Å². The van der Waals surface area contributed by atoms with Crippen LogP contribution < -0.4 is 14.8 Å². The standard InChI is InChI=1S/C19H17F6NO3/c1-3-28-15-6-5-14(10-16(15)29-4-2)26-17(27)11-7-12(18(20,21)22)9-13(8-11)19(23,24)25/h5-10H,3-4H2,1-2H3,(H,26,27). The maximum atomic E-state index is 13.0. The van der Waals surface area contributed by atoms with Crippen molar-refractivity contribution in [1.82, 2.24) is 0 Å². The Kier molecular flexibility index (Phi) is 6.66. The molecule has 0 saturated heterocycles. The minimum Gasteiger partial charge on any atom is -0.490 e. The molecule has 1 N–H and O–H groups in total. The second-order valence-electron chi connectivity index (χ2n) is 5.78. The monoisotopic (exact) mass is 421 g/mol. The highest BCUT2D eigenvalue weighted by Gasteiger charge is 2.37. The molecule has 158 valence electrons. The van der Waals surface area contributed by atoms with Gasteiger partial charge in [0.25, 0.3) is 5.91 Å². The summed E-state index contributed by atoms with van der Waals surface area (Å²) in [7, 11) is 0. The molecule has 0 aliphatic heterocycles. The van der Waals surface area contributed by atoms with Crippen LogP contribution in [0.25, 0.3) is 0 Å². The molecule has 4 nitrogen and oxygen atoms in total. The number of carbonyl (C=O) groups is 1. The summed E-state index contributed by atoms with van der Waals surface area (Å²) < 4.78 is 88.4. The van der Waals surface area contributed by atoms with E-state index in [2.05, 4.69) is 5.32 Å². The number of hydrogen-bond donors (Lipinski definition) is 1. The van der Waals surface area contributed by atoms with Crippen molar-refractivity contribution in [3.63, 3.8) is 0 Å². The number of anilines is 1. The van der Waals surface area contributed by atoms with E-state index in [1.807, 2.05) is 0 Å². The normalized spacial score (nSPS) is 11.9. The third kappa shape index (κ3) is 5.78. The molecule has 0 radical (unpaired) electrons. The minimum absolute atomic E-state index is 0.0408. The average Bonchev–Trinajstić information content (AvgIpc) is 2.62. The predicted octanol–water partition coefficient (Wildman–Crippen LogP) is 5.77. The van der Waals surface area contributed by atoms with Gasteiger partial charge in [0.1, 0.15) is 0 Å². The van der Waals surface area contributed by atoms with Crippen LogP contribution in [0.4, 0.5) is 32.0 Å². The Morgan fingerprint density at radius 2 is 1.34 bits per heavy atom. The number of carbonyl (C=O) groups excluding carboxylic acids is 1. The van der Waals surface area contributed by atoms with E-state index in [0.717, 1.165) is 0 Å². The predicted molar refractivity (Wildman–Crippen MR) is 93.2 cm³/mol. The van der Waals surface area contributed by atoms with Crippen molar-refractivity contribution in [2.75, 3.05) is 18.5 Å². The van der Waals surface area contributed by atoms with Crippen molar-refractivity contribution in [2.45, 2.75) is 26.2 Å². The summed E-state index contributed by atoms with van der Waals surface area (Å²) in [5, 5.41) is 2.27. The van der Waals surface area contributed by atoms with Gasteiger partial charge in [0.15, 0.2) is 11.5 Å². The van der Waals surface area contributed by atoms with Gasteiger partial charge in [0.2, 0.25) is 0 Å². The van der Waals surface area contributed by atoms with Gasteiger partial charge >= 0.3 is 12.4 Å². The molecule has 2 rings (SSSR count). The zero-order chi connectivity index (χ0) is 21.8. The van der Waals surface area contributed by atoms with Gasteiger partial charge in [-0.25, -0.2) is 0 Å². The Hall–Kier alpha value is -2.91. The highest BCUT2D eigenvalue weighted by atomic mass is 19.4. The molecule has 0 saturated carbocycles. The van der Waals surface area contributed by atoms with E-state index >= 15 is 0 Å². The summed E-state index contributed by atoms with van der Waals surface area (Å²) in [5.41, 5.74) is -3.80. The molecule has 0 heterocycles. The summed E-state index contributed by atoms with van der Waals surface area (Å²) in [5.74, 6) is -0.480. The molecule has 1 amide bonds. The zero-order valence-corrected chi connectivity index (χ0v) is 15.4. The van der Waals surface area contributed by atoms with Gasteiger partial charge in [0, 0.05) is 17.3 Å². The lowest BCUT2D eigenvalue weighted by Crippen LogP contribution is -2.17. The first-order valence-electron chi connectivity index (χ1n) is 8.46. The number of halogens is 6. The summed E-state index contributed by atoms with van der Waals surface area (Å²) in [6, 6.07) is 4.91. The molecule has 0 aliphatic carbocycles. The van der Waals surface area contributed by atoms with Crippen LogP contribution in [-0.4, -0.2) is 19.1 Å². The maximum Gasteiger partial charge on any atom is 0.416 e. The summed E-state index contributed by atoms with van der Waals surface area (Å²) in [4.78, 5) is 12.3. The fourth-order valence-electron chi connectivity index (χ4n) is 2.42. The smallest absolute Gasteiger partial charge is 0.416 e. The zero-order valence-electron chi connectivity index (χ0n) is 15.4. The van der Waals surface area contributed by atoms with Crippen molar-refractivity contribution in [2.24, 2.45) is 0 Å². The Bertz CT molecular complexity index is 845. The molecule has 0 aliphatic rings. The lowest BCUT2D eigenvalue weighted by molar-refractivity contribution is -0.143. The SMILES string of the molecule is CCOc1ccc(NC(=O)c2cc(C(F)(F)F)cc(C(F)(F)F)c2)cc1OCC. The van der Waals surface area contributed by atoms with Crippen LogP contribution in [0, 0.1) is 0 Å². The van der Waals surface area contributed by atoms with E-state index in [9.17, 15) is 31.1 Å². The Labute approximate surface area is 162 Å². The first kappa shape index (κ1) is 22.4. The molecule has 29 heavy (non-hydrogen) atoms. The van der Waals surface area contributed by atoms with E-state index in [4.69, 9.17) is 9.47 Å². The first-order chi connectivity index (χ1) is 13.5. The van der Waals surface area contributed by atoms with Crippen LogP contribution in [-0.2, 0) is 12.4 Å². The molecule has 0 fully saturated rings. The molecular formula is C19H17F6NO3. The number of nitrogens with one attached hydrogen (secondary N) is 1. The second kappa shape index (κ2) is 8.62. The maximum absolute atomic E-state index is 13.0. The Morgan fingerprint density at radius 1 is 0.828 bits per heavy atom. The van der Waals surface area contributed by atoms with E-state index in [1.165, 1.54) is 18.2 Å². The van der Waals surface area contributed by atoms with Gasteiger partial charge in [0.05, 0.1) is 24.3 Å². The van der Waals surface area contributed by atoms with Crippen LogP contribution >= 0.6 is 0 Å². The Balaban J connectivity index is 2.38. The fraction of sp³-hybridized carbons (Fsp3) is 0.316. The first-order valence-corrected chi connectivity index (χ1v) is 8.46. The topological polar surface area (TPSA) is 47.6 Å². The van der Waals surface area contributed by atoms with Crippen LogP contribution in [0.5, 0.6) is 11.5 Å². The summed E-state index contributed by atoms with van der Waals surface area (Å²) in [6.45, 7) is 4.08. The number of hydrogen-bond acceptors (Lipinski definition) is 3. The minimum atomic E-state index is -5.04. The third-order valence-electron chi connectivity index (χ3n) is 3.65. The van der Waals surface area contributed by atoms with Crippen molar-refractivity contribution in [3.05, 3.63) is 53.1 Å². The molecular weight excluding hydrogens is 404 g/mol. The van der Waals surface area contributed by atoms with Crippen LogP contribution in [0.15, 0.2) is 36.4 Å². The average molecular weight is 421 g/mol. The van der Waals surface area contributed by atoms with Gasteiger partial charge in [-0.15, -0.1) is 0 Å². The third-order valence-corrected chi connectivity index (χ3v) is 3.65. The fourth-order valence-corrected chi connectivity index (χ4v) is 2.42. The number of benzene rings is 2. The largest absolute Gasteiger partial charge is 0.490 e. The Morgan fingerprint density at radius 3 is 1.83 bits per heavy atom. The van der Waals surface area contributed by atoms with Crippen molar-refractivity contribution >= 4 is 11.6 Å². The number of amides is 1. The number of alkyl halides is 6. The number of rotatable bonds is 6. The van der Waals surface area contributed by atoms with E-state index in [1.54, 1.807) is 13.8 Å². The summed E-state index contributed by atoms with van der Waals surface area (Å²) in [6.07, 6.45) is -10.1. The molecule has 10 heteroatoms. The number of ether oxygens (including phenoxy) is 2. The highest BCUT2D eigenvalue weighted by molar-refractivity contribution is 6.04. The van der Waals surface area contributed by atoms with Crippen molar-refractivity contribution in [3.8, 4) is 11.5 Å². The van der Waals surface area contributed by atoms with Crippen LogP contribution in [0.3, 0.4) is 0 Å². The molecule has 2 aromatic rings. The van der Waals surface area contributed by atoms with Gasteiger partial charge in [-0.1, -0.05) is 0 Å². The van der Waals surface area contributed by atoms with Crippen molar-refractivity contribution < 1.29 is 40.6 Å². The molecule has 0 atom stereocenters. The van der Waals surface area contributed by atoms with Gasteiger partial charge in [-0.05, 0) is 44.2 Å². The lowest BCUT2D eigenvalue weighted by atomic mass is 10.0. The quantitative estimate of drug-likeness (QED) is 0.602. The van der Waals surface area contributed by atoms with Crippen LogP contribution in [0.2, 0.25) is 0 Å². The summed E-state index contributed by atoms with van der Waals surface area (Å²) >= 11 is 0. The van der Waals surface area contributed by atoms with Crippen molar-refractivity contribution in [1.29, 1.82) is 0 Å². The van der Waals surface area contributed by atoms with Gasteiger partial charge < -0.3 is 14.8 Å². The lowest BCUT2D eigenvalue weighted by Gasteiger charge is -2.15. The van der Waals surface area contributed by atoms with E-state index in [-0.39, 0.29) is 24.1 Å². The second-order valence-corrected chi connectivity index (χ2v) is 5.78. The van der Waals surface area contributed by atoms with Gasteiger partial charge in [-0.2, -0.15) is 26.3 Å². The molecule has 0 aromatic heterocycles. The molecule has 0 bridgehead atoms. The molecule has 0 spiro atoms. The molecule has 2 aromatic carbocycles. The van der Waals surface area contributed by atoms with Gasteiger partial charge in [-0.3, -0.25) is 4.79 Å². The highest BCUT2D eigenvalue weighted by Crippen LogP contribution is 2.37. The molecule has 0 unspecified atom stereocenters. The van der Waals surface area contributed by atoms with Crippen LogP contribution in [0.1, 0.15) is 35.3 Å². The van der Waals surface area contributed by atoms with E-state index < -0.39 is 35.0 Å².